The molecule has 5 rings (SSSR count). The first-order valence-corrected chi connectivity index (χ1v) is 9.29. The van der Waals surface area contributed by atoms with Crippen LogP contribution < -0.4 is 5.43 Å². The van der Waals surface area contributed by atoms with E-state index in [2.05, 4.69) is 10.5 Å². The molecular weight excluding hydrogens is 300 g/mol. The molecule has 1 N–H and O–H groups in total. The van der Waals surface area contributed by atoms with Crippen molar-refractivity contribution in [3.8, 4) is 0 Å². The zero-order valence-electron chi connectivity index (χ0n) is 12.2. The van der Waals surface area contributed by atoms with Crippen LogP contribution in [0.2, 0.25) is 0 Å². The van der Waals surface area contributed by atoms with Gasteiger partial charge in [0, 0.05) is 5.71 Å². The van der Waals surface area contributed by atoms with Gasteiger partial charge in [0.25, 0.3) is 0 Å². The number of hydrazone groups is 1. The molecule has 4 aliphatic carbocycles. The Hall–Kier alpha value is -1.40. The molecule has 4 saturated carbocycles. The Labute approximate surface area is 130 Å². The van der Waals surface area contributed by atoms with Gasteiger partial charge in [-0.15, -0.1) is 0 Å². The highest BCUT2D eigenvalue weighted by molar-refractivity contribution is 7.85. The molecule has 0 amide bonds. The minimum atomic E-state index is -4.38. The van der Waals surface area contributed by atoms with Gasteiger partial charge in [0.15, 0.2) is 0 Å². The summed E-state index contributed by atoms with van der Waals surface area (Å²) in [6, 6.07) is 5.82. The average Bonchev–Trinajstić information content (AvgIpc) is 2.45. The minimum absolute atomic E-state index is 0.208. The normalized spacial score (nSPS) is 33.0. The number of anilines is 1. The van der Waals surface area contributed by atoms with Crippen LogP contribution in [-0.2, 0) is 10.1 Å². The van der Waals surface area contributed by atoms with Gasteiger partial charge in [-0.1, -0.05) is 0 Å². The van der Waals surface area contributed by atoms with Gasteiger partial charge in [-0.05, 0) is 80.0 Å². The van der Waals surface area contributed by atoms with Gasteiger partial charge in [-0.2, -0.15) is 5.10 Å². The quantitative estimate of drug-likeness (QED) is 0.686. The van der Waals surface area contributed by atoms with E-state index >= 15 is 0 Å². The van der Waals surface area contributed by atoms with Crippen LogP contribution >= 0.6 is 0 Å². The highest BCUT2D eigenvalue weighted by Crippen LogP contribution is 2.52. The van der Waals surface area contributed by atoms with Crippen molar-refractivity contribution in [2.75, 3.05) is 5.43 Å². The lowest BCUT2D eigenvalue weighted by molar-refractivity contribution is 0.108. The van der Waals surface area contributed by atoms with Gasteiger partial charge in [-0.3, -0.25) is 5.43 Å². The standard InChI is InChI=1S/C16H20N2O3S/c19-22(20,21)15-3-1-14(2-4-15)17-18-16-12-6-10-5-11(8-12)9-13(16)7-10/h1-4,10-13,17H,5-9H2,(H,19,20,21)/p-1. The molecule has 1 aromatic carbocycles. The van der Waals surface area contributed by atoms with Crippen LogP contribution in [0.3, 0.4) is 0 Å². The molecule has 0 saturated heterocycles. The predicted molar refractivity (Wildman–Crippen MR) is 82.5 cm³/mol. The Morgan fingerprint density at radius 1 is 0.955 bits per heavy atom. The number of benzene rings is 1. The molecule has 22 heavy (non-hydrogen) atoms. The van der Waals surface area contributed by atoms with E-state index in [4.69, 9.17) is 0 Å². The molecule has 0 radical (unpaired) electrons. The fourth-order valence-corrected chi connectivity index (χ4v) is 5.14. The lowest BCUT2D eigenvalue weighted by Gasteiger charge is -2.50. The summed E-state index contributed by atoms with van der Waals surface area (Å²) in [4.78, 5) is -0.208. The highest BCUT2D eigenvalue weighted by Gasteiger charge is 2.46. The van der Waals surface area contributed by atoms with Crippen molar-refractivity contribution in [2.45, 2.75) is 37.0 Å². The first-order chi connectivity index (χ1) is 10.5. The first-order valence-electron chi connectivity index (χ1n) is 7.88. The first kappa shape index (κ1) is 14.2. The summed E-state index contributed by atoms with van der Waals surface area (Å²) in [5.41, 5.74) is 5.06. The number of hydrogen-bond acceptors (Lipinski definition) is 5. The third-order valence-corrected chi connectivity index (χ3v) is 6.28. The number of rotatable bonds is 3. The van der Waals surface area contributed by atoms with E-state index in [1.54, 1.807) is 12.1 Å². The summed E-state index contributed by atoms with van der Waals surface area (Å²) in [6.07, 6.45) is 6.53. The Bertz CT molecular complexity index is 679. The number of nitrogens with zero attached hydrogens (tertiary/aromatic N) is 1. The molecule has 6 heteroatoms. The SMILES string of the molecule is O=S(=O)([O-])c1ccc(NN=C2C3CC4CC(C3)CC2C4)cc1. The Balaban J connectivity index is 1.50. The Morgan fingerprint density at radius 3 is 2.00 bits per heavy atom. The molecule has 118 valence electrons. The smallest absolute Gasteiger partial charge is 0.124 e. The third-order valence-electron chi connectivity index (χ3n) is 5.43. The van der Waals surface area contributed by atoms with Crippen LogP contribution in [-0.4, -0.2) is 18.7 Å². The Morgan fingerprint density at radius 2 is 1.50 bits per heavy atom. The van der Waals surface area contributed by atoms with Crippen molar-refractivity contribution in [1.29, 1.82) is 0 Å². The van der Waals surface area contributed by atoms with Gasteiger partial charge in [0.2, 0.25) is 0 Å². The predicted octanol–water partition coefficient (Wildman–Crippen LogP) is 2.81. The largest absolute Gasteiger partial charge is 0.744 e. The molecule has 0 atom stereocenters. The lowest BCUT2D eigenvalue weighted by Crippen LogP contribution is -2.45. The second-order valence-corrected chi connectivity index (χ2v) is 8.31. The zero-order chi connectivity index (χ0) is 15.3. The van der Waals surface area contributed by atoms with Gasteiger partial charge in [0.05, 0.1) is 10.6 Å². The lowest BCUT2D eigenvalue weighted by atomic mass is 9.55. The molecule has 0 spiro atoms. The average molecular weight is 319 g/mol. The highest BCUT2D eigenvalue weighted by atomic mass is 32.2. The molecule has 0 unspecified atom stereocenters. The van der Waals surface area contributed by atoms with Crippen molar-refractivity contribution >= 4 is 21.5 Å². The Kier molecular flexibility index (Phi) is 3.27. The van der Waals surface area contributed by atoms with Gasteiger partial charge < -0.3 is 4.55 Å². The van der Waals surface area contributed by atoms with E-state index in [0.717, 1.165) is 11.8 Å². The summed E-state index contributed by atoms with van der Waals surface area (Å²) in [7, 11) is -4.38. The van der Waals surface area contributed by atoms with E-state index in [1.807, 2.05) is 0 Å². The van der Waals surface area contributed by atoms with E-state index in [9.17, 15) is 13.0 Å². The van der Waals surface area contributed by atoms with E-state index in [0.29, 0.717) is 17.5 Å². The molecule has 4 bridgehead atoms. The topological polar surface area (TPSA) is 81.6 Å². The summed E-state index contributed by atoms with van der Waals surface area (Å²) in [6.45, 7) is 0. The molecule has 0 aliphatic heterocycles. The minimum Gasteiger partial charge on any atom is -0.744 e. The maximum Gasteiger partial charge on any atom is 0.124 e. The van der Waals surface area contributed by atoms with Crippen LogP contribution in [0.1, 0.15) is 32.1 Å². The van der Waals surface area contributed by atoms with Crippen LogP contribution in [0.5, 0.6) is 0 Å². The molecule has 0 aromatic heterocycles. The summed E-state index contributed by atoms with van der Waals surface area (Å²) in [5, 5.41) is 4.62. The van der Waals surface area contributed by atoms with Gasteiger partial charge >= 0.3 is 0 Å². The van der Waals surface area contributed by atoms with E-state index < -0.39 is 10.1 Å². The van der Waals surface area contributed by atoms with E-state index in [1.165, 1.54) is 49.9 Å². The summed E-state index contributed by atoms with van der Waals surface area (Å²) in [5.74, 6) is 3.07. The monoisotopic (exact) mass is 319 g/mol. The van der Waals surface area contributed by atoms with Crippen molar-refractivity contribution in [2.24, 2.45) is 28.8 Å². The summed E-state index contributed by atoms with van der Waals surface area (Å²) >= 11 is 0. The molecule has 1 aromatic rings. The van der Waals surface area contributed by atoms with E-state index in [-0.39, 0.29) is 4.90 Å². The van der Waals surface area contributed by atoms with Crippen LogP contribution in [0.25, 0.3) is 0 Å². The summed E-state index contributed by atoms with van der Waals surface area (Å²) < 4.78 is 32.7. The molecule has 4 aliphatic rings. The molecule has 5 nitrogen and oxygen atoms in total. The fraction of sp³-hybridized carbons (Fsp3) is 0.562. The second-order valence-electron chi connectivity index (χ2n) is 6.93. The van der Waals surface area contributed by atoms with Crippen LogP contribution in [0.15, 0.2) is 34.3 Å². The molecule has 4 fully saturated rings. The molecular formula is C16H19N2O3S-. The molecule has 0 heterocycles. The van der Waals surface area contributed by atoms with Crippen molar-refractivity contribution < 1.29 is 13.0 Å². The van der Waals surface area contributed by atoms with Gasteiger partial charge in [0.1, 0.15) is 10.1 Å². The second kappa shape index (κ2) is 5.06. The number of nitrogens with one attached hydrogen (secondary N) is 1. The number of hydrogen-bond donors (Lipinski definition) is 1. The fourth-order valence-electron chi connectivity index (χ4n) is 4.67. The van der Waals surface area contributed by atoms with Crippen LogP contribution in [0.4, 0.5) is 5.69 Å². The van der Waals surface area contributed by atoms with Crippen LogP contribution in [0, 0.1) is 23.7 Å². The van der Waals surface area contributed by atoms with Crippen molar-refractivity contribution in [3.05, 3.63) is 24.3 Å². The maximum atomic E-state index is 10.9. The maximum absolute atomic E-state index is 10.9. The van der Waals surface area contributed by atoms with Gasteiger partial charge in [-0.25, -0.2) is 8.42 Å². The van der Waals surface area contributed by atoms with Crippen molar-refractivity contribution in [1.82, 2.24) is 0 Å². The van der Waals surface area contributed by atoms with Crippen molar-refractivity contribution in [3.63, 3.8) is 0 Å². The zero-order valence-corrected chi connectivity index (χ0v) is 13.1. The third kappa shape index (κ3) is 2.54.